The van der Waals surface area contributed by atoms with E-state index in [0.29, 0.717) is 18.4 Å². The van der Waals surface area contributed by atoms with Crippen molar-refractivity contribution in [3.63, 3.8) is 0 Å². The van der Waals surface area contributed by atoms with E-state index in [2.05, 4.69) is 33.8 Å². The normalized spacial score (nSPS) is 52.1. The zero-order valence-electron chi connectivity index (χ0n) is 15.2. The first-order valence-corrected chi connectivity index (χ1v) is 9.52. The molecule has 2 heterocycles. The maximum Gasteiger partial charge on any atom is 0.130 e. The van der Waals surface area contributed by atoms with Crippen molar-refractivity contribution in [3.05, 3.63) is 11.6 Å². The number of aliphatic hydroxyl groups excluding tert-OH is 1. The van der Waals surface area contributed by atoms with Gasteiger partial charge in [0.15, 0.2) is 0 Å². The summed E-state index contributed by atoms with van der Waals surface area (Å²) in [5.41, 5.74) is 1.14. The molecule has 1 spiro atoms. The summed E-state index contributed by atoms with van der Waals surface area (Å²) in [6.45, 7) is 9.45. The number of hydrogen-bond acceptors (Lipinski definition) is 3. The Kier molecular flexibility index (Phi) is 3.38. The van der Waals surface area contributed by atoms with Gasteiger partial charge in [-0.2, -0.15) is 0 Å². The number of aliphatic hydroxyl groups is 1. The smallest absolute Gasteiger partial charge is 0.130 e. The molecule has 130 valence electrons. The van der Waals surface area contributed by atoms with Crippen molar-refractivity contribution >= 4 is 0 Å². The molecule has 3 heteroatoms. The lowest BCUT2D eigenvalue weighted by Gasteiger charge is -2.67. The van der Waals surface area contributed by atoms with E-state index in [-0.39, 0.29) is 22.0 Å². The monoisotopic (exact) mass is 320 g/mol. The Hall–Kier alpha value is -0.380. The predicted molar refractivity (Wildman–Crippen MR) is 89.7 cm³/mol. The molecule has 0 aromatic rings. The number of fused-ring (bicyclic) bond motifs is 3. The average molecular weight is 320 g/mol. The summed E-state index contributed by atoms with van der Waals surface area (Å²) in [5.74, 6) is 0.951. The van der Waals surface area contributed by atoms with E-state index < -0.39 is 0 Å². The topological polar surface area (TPSA) is 38.7 Å². The maximum atomic E-state index is 10.1. The van der Waals surface area contributed by atoms with E-state index >= 15 is 0 Å². The average Bonchev–Trinajstić information content (AvgIpc) is 2.55. The van der Waals surface area contributed by atoms with E-state index in [9.17, 15) is 5.11 Å². The van der Waals surface area contributed by atoms with Crippen LogP contribution < -0.4 is 0 Å². The fraction of sp³-hybridized carbons (Fsp3) is 0.900. The molecular weight excluding hydrogens is 288 g/mol. The van der Waals surface area contributed by atoms with Crippen molar-refractivity contribution in [1.82, 2.24) is 0 Å². The first-order valence-electron chi connectivity index (χ1n) is 9.52. The second-order valence-corrected chi connectivity index (χ2v) is 9.45. The molecule has 2 saturated carbocycles. The van der Waals surface area contributed by atoms with Gasteiger partial charge in [-0.1, -0.05) is 34.1 Å². The van der Waals surface area contributed by atoms with E-state index in [1.807, 2.05) is 0 Å². The van der Waals surface area contributed by atoms with Gasteiger partial charge in [-0.25, -0.2) is 9.78 Å². The van der Waals surface area contributed by atoms with Crippen molar-refractivity contribution in [1.29, 1.82) is 0 Å². The molecule has 2 bridgehead atoms. The van der Waals surface area contributed by atoms with Gasteiger partial charge in [0.2, 0.25) is 0 Å². The van der Waals surface area contributed by atoms with Crippen LogP contribution in [0.3, 0.4) is 0 Å². The lowest BCUT2D eigenvalue weighted by molar-refractivity contribution is -0.465. The van der Waals surface area contributed by atoms with E-state index in [0.717, 1.165) is 25.7 Å². The van der Waals surface area contributed by atoms with Gasteiger partial charge in [-0.15, -0.1) is 0 Å². The molecular formula is C20H32O3. The lowest BCUT2D eigenvalue weighted by Crippen LogP contribution is -2.67. The van der Waals surface area contributed by atoms with Crippen molar-refractivity contribution in [3.8, 4) is 0 Å². The predicted octanol–water partition coefficient (Wildman–Crippen LogP) is 4.40. The Balaban J connectivity index is 1.80. The molecule has 1 saturated heterocycles. The first-order chi connectivity index (χ1) is 10.8. The maximum absolute atomic E-state index is 10.1. The fourth-order valence-corrected chi connectivity index (χ4v) is 6.51. The van der Waals surface area contributed by atoms with Crippen LogP contribution in [0.15, 0.2) is 11.6 Å². The molecule has 1 N–H and O–H groups in total. The van der Waals surface area contributed by atoms with Crippen LogP contribution in [0.25, 0.3) is 0 Å². The summed E-state index contributed by atoms with van der Waals surface area (Å²) in [6, 6.07) is 0. The van der Waals surface area contributed by atoms with Gasteiger partial charge in [-0.05, 0) is 67.4 Å². The highest BCUT2D eigenvalue weighted by molar-refractivity contribution is 5.35. The standard InChI is InChI=1S/C20H32O3/c1-14(2)19-10-11-20(23-22-19)15(12-19)6-7-16-17(3,13-21)8-5-9-18(16,20)4/h12,14,16,21H,5-11,13H2,1-4H3/t16-,17-,18-,19-,20+/m0/s1. The van der Waals surface area contributed by atoms with Crippen molar-refractivity contribution in [2.45, 2.75) is 83.8 Å². The van der Waals surface area contributed by atoms with Gasteiger partial charge in [0.05, 0.1) is 0 Å². The summed E-state index contributed by atoms with van der Waals surface area (Å²) in [4.78, 5) is 12.4. The van der Waals surface area contributed by atoms with Crippen molar-refractivity contribution < 1.29 is 14.9 Å². The molecule has 2 aliphatic heterocycles. The van der Waals surface area contributed by atoms with Crippen LogP contribution in [0, 0.1) is 22.7 Å². The molecule has 0 radical (unpaired) electrons. The van der Waals surface area contributed by atoms with Crippen LogP contribution in [0.2, 0.25) is 0 Å². The van der Waals surface area contributed by atoms with Crippen molar-refractivity contribution in [2.75, 3.05) is 6.61 Å². The molecule has 3 fully saturated rings. The number of hydrogen-bond donors (Lipinski definition) is 1. The van der Waals surface area contributed by atoms with E-state index in [1.54, 1.807) is 0 Å². The summed E-state index contributed by atoms with van der Waals surface area (Å²) >= 11 is 0. The van der Waals surface area contributed by atoms with E-state index in [4.69, 9.17) is 9.78 Å². The Morgan fingerprint density at radius 2 is 1.96 bits per heavy atom. The highest BCUT2D eigenvalue weighted by atomic mass is 17.2. The molecule has 5 rings (SSSR count). The second-order valence-electron chi connectivity index (χ2n) is 9.45. The Morgan fingerprint density at radius 3 is 2.57 bits per heavy atom. The van der Waals surface area contributed by atoms with Crippen molar-refractivity contribution in [2.24, 2.45) is 22.7 Å². The molecule has 23 heavy (non-hydrogen) atoms. The van der Waals surface area contributed by atoms with Gasteiger partial charge in [0.1, 0.15) is 11.2 Å². The Labute approximate surface area is 140 Å². The third-order valence-corrected chi connectivity index (χ3v) is 8.16. The van der Waals surface area contributed by atoms with Crippen LogP contribution in [0.4, 0.5) is 0 Å². The number of rotatable bonds is 2. The van der Waals surface area contributed by atoms with Crippen LogP contribution in [-0.2, 0) is 9.78 Å². The molecule has 0 unspecified atom stereocenters. The van der Waals surface area contributed by atoms with Crippen LogP contribution in [0.1, 0.15) is 72.6 Å². The minimum atomic E-state index is -0.247. The zero-order valence-corrected chi connectivity index (χ0v) is 15.2. The highest BCUT2D eigenvalue weighted by Gasteiger charge is 2.68. The molecule has 0 amide bonds. The van der Waals surface area contributed by atoms with E-state index in [1.165, 1.54) is 24.8 Å². The Bertz CT molecular complexity index is 529. The molecule has 5 atom stereocenters. The van der Waals surface area contributed by atoms with Gasteiger partial charge in [0.25, 0.3) is 0 Å². The van der Waals surface area contributed by atoms with Gasteiger partial charge in [-0.3, -0.25) is 0 Å². The SMILES string of the molecule is CC(C)[C@@]12C=C3CC[C@H]4[C@](C)(CO)CCC[C@]4(C)[C@]3(CC1)OO2. The Morgan fingerprint density at radius 1 is 1.17 bits per heavy atom. The van der Waals surface area contributed by atoms with Crippen LogP contribution in [-0.4, -0.2) is 22.9 Å². The van der Waals surface area contributed by atoms with Gasteiger partial charge < -0.3 is 5.11 Å². The quantitative estimate of drug-likeness (QED) is 0.605. The molecule has 5 aliphatic rings. The van der Waals surface area contributed by atoms with Crippen LogP contribution >= 0.6 is 0 Å². The summed E-state index contributed by atoms with van der Waals surface area (Å²) in [7, 11) is 0. The molecule has 3 aliphatic carbocycles. The van der Waals surface area contributed by atoms with Gasteiger partial charge >= 0.3 is 0 Å². The lowest BCUT2D eigenvalue weighted by atomic mass is 9.43. The largest absolute Gasteiger partial charge is 0.396 e. The summed E-state index contributed by atoms with van der Waals surface area (Å²) in [6.07, 6.45) is 10.3. The third-order valence-electron chi connectivity index (χ3n) is 8.16. The highest BCUT2D eigenvalue weighted by Crippen LogP contribution is 2.68. The molecule has 3 nitrogen and oxygen atoms in total. The third kappa shape index (κ3) is 1.82. The minimum absolute atomic E-state index is 0.0284. The first kappa shape index (κ1) is 16.1. The van der Waals surface area contributed by atoms with Crippen LogP contribution in [0.5, 0.6) is 0 Å². The molecule has 0 aromatic carbocycles. The zero-order chi connectivity index (χ0) is 16.5. The summed E-state index contributed by atoms with van der Waals surface area (Å²) < 4.78 is 0. The summed E-state index contributed by atoms with van der Waals surface area (Å²) in [5, 5.41) is 10.1. The fourth-order valence-electron chi connectivity index (χ4n) is 6.51. The molecule has 0 aromatic heterocycles. The van der Waals surface area contributed by atoms with Gasteiger partial charge in [0, 0.05) is 12.0 Å². The second kappa shape index (κ2) is 4.83. The minimum Gasteiger partial charge on any atom is -0.396 e.